The fourth-order valence-electron chi connectivity index (χ4n) is 2.68. The van der Waals surface area contributed by atoms with Gasteiger partial charge in [-0.1, -0.05) is 5.64 Å². The number of hydrogen-bond donors (Lipinski definition) is 3. The number of methoxy groups -OCH3 is 1. The van der Waals surface area contributed by atoms with Crippen molar-refractivity contribution in [2.24, 2.45) is 0 Å². The van der Waals surface area contributed by atoms with E-state index in [2.05, 4.69) is 19.1 Å². The first-order valence-corrected chi connectivity index (χ1v) is 9.50. The average molecular weight is 413 g/mol. The number of nitrogens with zero attached hydrogens (tertiary/aromatic N) is 2. The molecular formula is C16H23N5O6S. The lowest BCUT2D eigenvalue weighted by molar-refractivity contribution is -0.0751. The van der Waals surface area contributed by atoms with Crippen LogP contribution in [0.2, 0.25) is 0 Å². The maximum Gasteiger partial charge on any atom is 0.315 e. The first-order valence-electron chi connectivity index (χ1n) is 8.09. The zero-order valence-corrected chi connectivity index (χ0v) is 16.8. The minimum absolute atomic E-state index is 0.00224. The summed E-state index contributed by atoms with van der Waals surface area (Å²) >= 11 is 0. The molecular weight excluding hydrogens is 390 g/mol. The van der Waals surface area contributed by atoms with Gasteiger partial charge in [-0.2, -0.15) is 18.4 Å². The Morgan fingerprint density at radius 1 is 1.07 bits per heavy atom. The summed E-state index contributed by atoms with van der Waals surface area (Å²) in [5, 5.41) is 0. The zero-order chi connectivity index (χ0) is 20.9. The van der Waals surface area contributed by atoms with E-state index in [-0.39, 0.29) is 29.1 Å². The smallest absolute Gasteiger partial charge is 0.315 e. The van der Waals surface area contributed by atoms with Crippen molar-refractivity contribution in [1.29, 1.82) is 0 Å². The van der Waals surface area contributed by atoms with Gasteiger partial charge in [0, 0.05) is 7.11 Å². The molecule has 1 heterocycles. The molecule has 2 rings (SSSR count). The second kappa shape index (κ2) is 9.12. The van der Waals surface area contributed by atoms with Crippen LogP contribution in [-0.2, 0) is 24.0 Å². The number of ether oxygens (including phenoxy) is 2. The third kappa shape index (κ3) is 4.85. The molecule has 0 bridgehead atoms. The molecule has 1 aromatic carbocycles. The number of hydrogen-bond acceptors (Lipinski definition) is 11. The van der Waals surface area contributed by atoms with Crippen LogP contribution in [0, 0.1) is 13.8 Å². The van der Waals surface area contributed by atoms with Gasteiger partial charge in [0.05, 0.1) is 19.3 Å². The van der Waals surface area contributed by atoms with E-state index in [1.807, 2.05) is 5.64 Å². The molecule has 0 saturated carbocycles. The monoisotopic (exact) mass is 413 g/mol. The largest absolute Gasteiger partial charge is 0.475 e. The lowest BCUT2D eigenvalue weighted by Crippen LogP contribution is -2.20. The summed E-state index contributed by atoms with van der Waals surface area (Å²) in [6, 6.07) is 3.23. The molecule has 0 aliphatic rings. The van der Waals surface area contributed by atoms with Crippen molar-refractivity contribution in [3.8, 4) is 17.0 Å². The number of nitrogen functional groups attached to an aromatic ring is 2. The molecule has 0 unspecified atom stereocenters. The molecule has 0 spiro atoms. The van der Waals surface area contributed by atoms with Gasteiger partial charge in [0.1, 0.15) is 17.3 Å². The number of rotatable bonds is 9. The lowest BCUT2D eigenvalue weighted by atomic mass is 10.0. The minimum atomic E-state index is -4.09. The highest BCUT2D eigenvalue weighted by Gasteiger charge is 2.24. The number of benzene rings is 1. The Labute approximate surface area is 163 Å². The maximum absolute atomic E-state index is 12.4. The summed E-state index contributed by atoms with van der Waals surface area (Å²) in [4.78, 5) is 12.5. The molecule has 11 nitrogen and oxygen atoms in total. The van der Waals surface area contributed by atoms with E-state index in [0.29, 0.717) is 28.9 Å². The number of nitrogens with one attached hydrogen (secondary N) is 1. The van der Waals surface area contributed by atoms with Crippen LogP contribution < -0.4 is 21.8 Å². The quantitative estimate of drug-likeness (QED) is 0.392. The first-order chi connectivity index (χ1) is 13.2. The summed E-state index contributed by atoms with van der Waals surface area (Å²) in [6.45, 7) is 3.81. The third-order valence-corrected chi connectivity index (χ3v) is 5.10. The van der Waals surface area contributed by atoms with Gasteiger partial charge in [0.25, 0.3) is 0 Å². The molecule has 0 fully saturated rings. The van der Waals surface area contributed by atoms with E-state index >= 15 is 0 Å². The average Bonchev–Trinajstić information content (AvgIpc) is 2.59. The summed E-state index contributed by atoms with van der Waals surface area (Å²) in [5.74, 6) is 0.237. The van der Waals surface area contributed by atoms with E-state index < -0.39 is 10.1 Å². The zero-order valence-electron chi connectivity index (χ0n) is 16.0. The molecule has 0 radical (unpaired) electrons. The minimum Gasteiger partial charge on any atom is -0.475 e. The molecule has 28 heavy (non-hydrogen) atoms. The Balaban J connectivity index is 2.55. The molecule has 0 aliphatic heterocycles. The Morgan fingerprint density at radius 3 is 2.29 bits per heavy atom. The highest BCUT2D eigenvalue weighted by atomic mass is 32.2. The van der Waals surface area contributed by atoms with Gasteiger partial charge in [0.2, 0.25) is 11.8 Å². The summed E-state index contributed by atoms with van der Waals surface area (Å²) in [6.07, 6.45) is 0. The summed E-state index contributed by atoms with van der Waals surface area (Å²) in [5.41, 5.74) is 15.4. The van der Waals surface area contributed by atoms with Crippen LogP contribution in [0.25, 0.3) is 11.1 Å². The van der Waals surface area contributed by atoms with Gasteiger partial charge in [0.15, 0.2) is 0 Å². The second-order valence-corrected chi connectivity index (χ2v) is 7.24. The lowest BCUT2D eigenvalue weighted by Gasteiger charge is -2.16. The number of anilines is 2. The summed E-state index contributed by atoms with van der Waals surface area (Å²) < 4.78 is 39.9. The van der Waals surface area contributed by atoms with Crippen LogP contribution >= 0.6 is 0 Å². The Hall–Kier alpha value is -2.51. The molecule has 0 amide bonds. The van der Waals surface area contributed by atoms with Crippen molar-refractivity contribution in [3.05, 3.63) is 23.3 Å². The van der Waals surface area contributed by atoms with Crippen molar-refractivity contribution < 1.29 is 27.0 Å². The van der Waals surface area contributed by atoms with Crippen LogP contribution in [0.1, 0.15) is 11.1 Å². The second-order valence-electron chi connectivity index (χ2n) is 5.75. The molecule has 0 aliphatic carbocycles. The predicted octanol–water partition coefficient (Wildman–Crippen LogP) is 0.721. The number of nitrogens with two attached hydrogens (primary N) is 2. The predicted molar refractivity (Wildman–Crippen MR) is 102 cm³/mol. The van der Waals surface area contributed by atoms with Gasteiger partial charge < -0.3 is 20.9 Å². The molecule has 12 heteroatoms. The van der Waals surface area contributed by atoms with Crippen LogP contribution in [0.3, 0.4) is 0 Å². The van der Waals surface area contributed by atoms with Gasteiger partial charge in [-0.25, -0.2) is 0 Å². The Morgan fingerprint density at radius 2 is 1.71 bits per heavy atom. The van der Waals surface area contributed by atoms with Crippen molar-refractivity contribution in [3.63, 3.8) is 0 Å². The van der Waals surface area contributed by atoms with Crippen molar-refractivity contribution in [1.82, 2.24) is 15.6 Å². The molecule has 5 N–H and O–H groups in total. The van der Waals surface area contributed by atoms with Gasteiger partial charge >= 0.3 is 10.1 Å². The number of aromatic nitrogens is 2. The normalized spacial score (nSPS) is 11.6. The molecule has 2 aromatic rings. The molecule has 1 aromatic heterocycles. The van der Waals surface area contributed by atoms with E-state index in [0.717, 1.165) is 0 Å². The van der Waals surface area contributed by atoms with E-state index in [9.17, 15) is 8.42 Å². The first kappa shape index (κ1) is 21.8. The van der Waals surface area contributed by atoms with Crippen molar-refractivity contribution in [2.75, 3.05) is 38.9 Å². The van der Waals surface area contributed by atoms with E-state index in [4.69, 9.17) is 20.9 Å². The van der Waals surface area contributed by atoms with Crippen molar-refractivity contribution >= 4 is 21.9 Å². The molecule has 154 valence electrons. The molecule has 0 atom stereocenters. The summed E-state index contributed by atoms with van der Waals surface area (Å²) in [7, 11) is -1.32. The highest BCUT2D eigenvalue weighted by Crippen LogP contribution is 2.36. The third-order valence-electron chi connectivity index (χ3n) is 3.67. The van der Waals surface area contributed by atoms with E-state index in [1.165, 1.54) is 7.11 Å². The van der Waals surface area contributed by atoms with Gasteiger partial charge in [-0.05, 0) is 42.7 Å². The van der Waals surface area contributed by atoms with Gasteiger partial charge in [-0.15, -0.1) is 4.28 Å². The maximum atomic E-state index is 12.4. The topological polar surface area (TPSA) is 161 Å². The highest BCUT2D eigenvalue weighted by molar-refractivity contribution is 7.86. The molecule has 0 saturated heterocycles. The SMILES string of the molecule is COCCOc1nc(N)nc(N)c1-c1cc(C)c(S(=O)(=O)ONOC)c(C)c1. The van der Waals surface area contributed by atoms with Crippen LogP contribution in [-0.4, -0.2) is 45.8 Å². The number of aryl methyl sites for hydroxylation is 2. The standard InChI is InChI=1S/C16H23N5O6S/c1-9-7-11(8-10(2)13(9)28(22,23)27-21-25-4)12-14(17)19-16(18)20-15(12)26-6-5-24-3/h7-8,21H,5-6H2,1-4H3,(H4,17,18,19,20). The van der Waals surface area contributed by atoms with Crippen LogP contribution in [0.15, 0.2) is 17.0 Å². The fourth-order valence-corrected chi connectivity index (χ4v) is 3.83. The van der Waals surface area contributed by atoms with Crippen molar-refractivity contribution in [2.45, 2.75) is 18.7 Å². The van der Waals surface area contributed by atoms with Crippen LogP contribution in [0.4, 0.5) is 11.8 Å². The van der Waals surface area contributed by atoms with Crippen LogP contribution in [0.5, 0.6) is 5.88 Å². The Kier molecular flexibility index (Phi) is 7.10. The fraction of sp³-hybridized carbons (Fsp3) is 0.375. The van der Waals surface area contributed by atoms with E-state index in [1.54, 1.807) is 33.1 Å². The Bertz CT molecular complexity index is 928. The van der Waals surface area contributed by atoms with Gasteiger partial charge in [-0.3, -0.25) is 4.84 Å².